The molecule has 3 aromatic carbocycles. The van der Waals surface area contributed by atoms with Crippen molar-refractivity contribution < 1.29 is 19.4 Å². The van der Waals surface area contributed by atoms with Crippen LogP contribution in [-0.4, -0.2) is 17.0 Å². The van der Waals surface area contributed by atoms with Crippen LogP contribution >= 0.6 is 0 Å². The molecule has 0 radical (unpaired) electrons. The molecule has 6 nitrogen and oxygen atoms in total. The number of aliphatic carboxylic acids is 1. The Labute approximate surface area is 161 Å². The van der Waals surface area contributed by atoms with E-state index in [4.69, 9.17) is 10.5 Å². The van der Waals surface area contributed by atoms with Crippen LogP contribution in [0.25, 0.3) is 6.08 Å². The molecule has 0 unspecified atom stereocenters. The van der Waals surface area contributed by atoms with Gasteiger partial charge in [0.1, 0.15) is 17.2 Å². The van der Waals surface area contributed by atoms with E-state index in [9.17, 15) is 14.7 Å². The van der Waals surface area contributed by atoms with Crippen molar-refractivity contribution in [3.63, 3.8) is 0 Å². The number of benzene rings is 3. The van der Waals surface area contributed by atoms with Crippen molar-refractivity contribution in [2.75, 3.05) is 5.73 Å². The van der Waals surface area contributed by atoms with Crippen molar-refractivity contribution in [2.24, 2.45) is 0 Å². The molecule has 3 aromatic rings. The van der Waals surface area contributed by atoms with Crippen molar-refractivity contribution in [3.8, 4) is 11.5 Å². The van der Waals surface area contributed by atoms with E-state index >= 15 is 0 Å². The number of carboxylic acid groups (broad SMARTS) is 1. The van der Waals surface area contributed by atoms with E-state index in [2.05, 4.69) is 5.32 Å². The molecule has 3 rings (SSSR count). The molecule has 0 aromatic heterocycles. The first-order chi connectivity index (χ1) is 13.5. The maximum absolute atomic E-state index is 12.2. The molecule has 1 amide bonds. The Hall–Kier alpha value is -4.06. The first kappa shape index (κ1) is 18.7. The molecule has 0 saturated carbocycles. The predicted molar refractivity (Wildman–Crippen MR) is 107 cm³/mol. The number of carboxylic acids is 1. The number of nitrogens with one attached hydrogen (secondary N) is 1. The van der Waals surface area contributed by atoms with Gasteiger partial charge in [0.15, 0.2) is 0 Å². The van der Waals surface area contributed by atoms with Gasteiger partial charge in [0, 0.05) is 5.56 Å². The lowest BCUT2D eigenvalue weighted by molar-refractivity contribution is -0.132. The van der Waals surface area contributed by atoms with E-state index in [1.807, 2.05) is 0 Å². The van der Waals surface area contributed by atoms with Gasteiger partial charge in [0.05, 0.1) is 5.69 Å². The minimum atomic E-state index is -1.25. The smallest absolute Gasteiger partial charge is 0.352 e. The largest absolute Gasteiger partial charge is 0.477 e. The van der Waals surface area contributed by atoms with Gasteiger partial charge in [-0.2, -0.15) is 0 Å². The third-order valence-electron chi connectivity index (χ3n) is 3.83. The van der Waals surface area contributed by atoms with E-state index in [-0.39, 0.29) is 5.70 Å². The highest BCUT2D eigenvalue weighted by Crippen LogP contribution is 2.27. The fourth-order valence-electron chi connectivity index (χ4n) is 2.47. The van der Waals surface area contributed by atoms with Gasteiger partial charge in [-0.15, -0.1) is 0 Å². The van der Waals surface area contributed by atoms with Crippen molar-refractivity contribution in [1.82, 2.24) is 5.32 Å². The second-order valence-corrected chi connectivity index (χ2v) is 5.90. The van der Waals surface area contributed by atoms with Gasteiger partial charge in [-0.05, 0) is 48.0 Å². The molecule has 0 saturated heterocycles. The van der Waals surface area contributed by atoms with Crippen LogP contribution in [0.1, 0.15) is 15.9 Å². The number of carbonyl (C=O) groups is 2. The quantitative estimate of drug-likeness (QED) is 0.448. The standard InChI is InChI=1S/C22H18N2O4/c23-18-11-4-5-12-20(18)28-17-10-6-7-15(13-17)14-19(22(26)27)24-21(25)16-8-2-1-3-9-16/h1-14H,23H2,(H,24,25)(H,26,27)/b19-14-. The lowest BCUT2D eigenvalue weighted by Gasteiger charge is -2.09. The van der Waals surface area contributed by atoms with E-state index in [0.29, 0.717) is 28.3 Å². The average molecular weight is 374 g/mol. The van der Waals surface area contributed by atoms with Gasteiger partial charge >= 0.3 is 5.97 Å². The van der Waals surface area contributed by atoms with Crippen LogP contribution in [0.5, 0.6) is 11.5 Å². The zero-order valence-electron chi connectivity index (χ0n) is 14.8. The third-order valence-corrected chi connectivity index (χ3v) is 3.83. The van der Waals surface area contributed by atoms with Crippen LogP contribution in [0.4, 0.5) is 5.69 Å². The highest BCUT2D eigenvalue weighted by Gasteiger charge is 2.13. The van der Waals surface area contributed by atoms with Crippen LogP contribution < -0.4 is 15.8 Å². The van der Waals surface area contributed by atoms with Crippen LogP contribution in [0, 0.1) is 0 Å². The summed E-state index contributed by atoms with van der Waals surface area (Å²) in [6, 6.07) is 22.3. The van der Waals surface area contributed by atoms with E-state index < -0.39 is 11.9 Å². The van der Waals surface area contributed by atoms with E-state index in [0.717, 1.165) is 0 Å². The molecule has 28 heavy (non-hydrogen) atoms. The summed E-state index contributed by atoms with van der Waals surface area (Å²) in [7, 11) is 0. The molecule has 4 N–H and O–H groups in total. The number of para-hydroxylation sites is 2. The lowest BCUT2D eigenvalue weighted by Crippen LogP contribution is -2.27. The van der Waals surface area contributed by atoms with Gasteiger partial charge in [0.2, 0.25) is 0 Å². The highest BCUT2D eigenvalue weighted by atomic mass is 16.5. The summed E-state index contributed by atoms with van der Waals surface area (Å²) < 4.78 is 5.75. The SMILES string of the molecule is Nc1ccccc1Oc1cccc(/C=C(\NC(=O)c2ccccc2)C(=O)O)c1. The van der Waals surface area contributed by atoms with Crippen molar-refractivity contribution in [1.29, 1.82) is 0 Å². The van der Waals surface area contributed by atoms with Crippen LogP contribution in [0.15, 0.2) is 84.6 Å². The van der Waals surface area contributed by atoms with Crippen molar-refractivity contribution in [3.05, 3.63) is 95.7 Å². The summed E-state index contributed by atoms with van der Waals surface area (Å²) in [4.78, 5) is 23.8. The highest BCUT2D eigenvalue weighted by molar-refractivity contribution is 6.02. The number of nitrogen functional groups attached to an aromatic ring is 1. The number of ether oxygens (including phenoxy) is 1. The number of amides is 1. The fourth-order valence-corrected chi connectivity index (χ4v) is 2.47. The molecule has 0 aliphatic carbocycles. The monoisotopic (exact) mass is 374 g/mol. The molecule has 0 fully saturated rings. The Bertz CT molecular complexity index is 1030. The van der Waals surface area contributed by atoms with Gasteiger partial charge in [-0.3, -0.25) is 4.79 Å². The molecule has 0 spiro atoms. The Balaban J connectivity index is 1.82. The van der Waals surface area contributed by atoms with E-state index in [1.165, 1.54) is 6.08 Å². The summed E-state index contributed by atoms with van der Waals surface area (Å²) >= 11 is 0. The van der Waals surface area contributed by atoms with Gasteiger partial charge < -0.3 is 20.9 Å². The number of hydrogen-bond acceptors (Lipinski definition) is 4. The second-order valence-electron chi connectivity index (χ2n) is 5.90. The number of rotatable bonds is 6. The Morgan fingerprint density at radius 1 is 0.929 bits per heavy atom. The van der Waals surface area contributed by atoms with E-state index in [1.54, 1.807) is 78.9 Å². The molecule has 0 aliphatic rings. The Kier molecular flexibility index (Phi) is 5.72. The average Bonchev–Trinajstić information content (AvgIpc) is 2.70. The molecular weight excluding hydrogens is 356 g/mol. The summed E-state index contributed by atoms with van der Waals surface area (Å²) in [6.45, 7) is 0. The molecule has 0 aliphatic heterocycles. The maximum atomic E-state index is 12.2. The van der Waals surface area contributed by atoms with Gasteiger partial charge in [0.25, 0.3) is 5.91 Å². The van der Waals surface area contributed by atoms with Crippen LogP contribution in [0.2, 0.25) is 0 Å². The number of hydrogen-bond donors (Lipinski definition) is 3. The molecule has 0 bridgehead atoms. The third kappa shape index (κ3) is 4.76. The van der Waals surface area contributed by atoms with Crippen LogP contribution in [0.3, 0.4) is 0 Å². The zero-order chi connectivity index (χ0) is 19.9. The van der Waals surface area contributed by atoms with Crippen molar-refractivity contribution in [2.45, 2.75) is 0 Å². The van der Waals surface area contributed by atoms with Gasteiger partial charge in [-0.1, -0.05) is 42.5 Å². The first-order valence-corrected chi connectivity index (χ1v) is 8.47. The molecule has 0 heterocycles. The Morgan fingerprint density at radius 2 is 1.64 bits per heavy atom. The molecule has 6 heteroatoms. The summed E-state index contributed by atoms with van der Waals surface area (Å²) in [6.07, 6.45) is 1.37. The molecule has 140 valence electrons. The topological polar surface area (TPSA) is 102 Å². The normalized spacial score (nSPS) is 10.9. The number of anilines is 1. The molecular formula is C22H18N2O4. The fraction of sp³-hybridized carbons (Fsp3) is 0. The minimum Gasteiger partial charge on any atom is -0.477 e. The predicted octanol–water partition coefficient (Wildman–Crippen LogP) is 3.92. The summed E-state index contributed by atoms with van der Waals surface area (Å²) in [5.41, 5.74) is 7.04. The second kappa shape index (κ2) is 8.55. The minimum absolute atomic E-state index is 0.245. The number of nitrogens with two attached hydrogens (primary N) is 1. The number of carbonyl (C=O) groups excluding carboxylic acids is 1. The zero-order valence-corrected chi connectivity index (χ0v) is 14.8. The van der Waals surface area contributed by atoms with Crippen molar-refractivity contribution >= 4 is 23.6 Å². The van der Waals surface area contributed by atoms with Gasteiger partial charge in [-0.25, -0.2) is 4.79 Å². The summed E-state index contributed by atoms with van der Waals surface area (Å²) in [5, 5.41) is 11.9. The Morgan fingerprint density at radius 3 is 2.36 bits per heavy atom. The molecule has 0 atom stereocenters. The maximum Gasteiger partial charge on any atom is 0.352 e. The first-order valence-electron chi connectivity index (χ1n) is 8.47. The lowest BCUT2D eigenvalue weighted by atomic mass is 10.1. The van der Waals surface area contributed by atoms with Crippen LogP contribution in [-0.2, 0) is 4.79 Å². The summed E-state index contributed by atoms with van der Waals surface area (Å²) in [5.74, 6) is -0.758.